The van der Waals surface area contributed by atoms with Gasteiger partial charge in [-0.25, -0.2) is 4.99 Å². The van der Waals surface area contributed by atoms with Crippen LogP contribution in [0.4, 0.5) is 0 Å². The second-order valence-electron chi connectivity index (χ2n) is 7.99. The van der Waals surface area contributed by atoms with Crippen LogP contribution in [0.5, 0.6) is 11.5 Å². The molecule has 0 bridgehead atoms. The molecule has 0 aromatic heterocycles. The van der Waals surface area contributed by atoms with E-state index in [-0.39, 0.29) is 17.0 Å². The molecule has 1 heterocycles. The summed E-state index contributed by atoms with van der Waals surface area (Å²) in [6, 6.07) is 7.78. The predicted molar refractivity (Wildman–Crippen MR) is 107 cm³/mol. The molecule has 0 saturated heterocycles. The van der Waals surface area contributed by atoms with Crippen LogP contribution in [0, 0.1) is 22.7 Å². The van der Waals surface area contributed by atoms with Crippen molar-refractivity contribution in [1.82, 2.24) is 0 Å². The lowest BCUT2D eigenvalue weighted by molar-refractivity contribution is -0.118. The summed E-state index contributed by atoms with van der Waals surface area (Å²) >= 11 is 0. The van der Waals surface area contributed by atoms with E-state index in [0.29, 0.717) is 48.8 Å². The normalized spacial score (nSPS) is 23.5. The topological polar surface area (TPSA) is 97.7 Å². The van der Waals surface area contributed by atoms with Gasteiger partial charge in [-0.1, -0.05) is 13.8 Å². The highest BCUT2D eigenvalue weighted by molar-refractivity contribution is 6.03. The highest BCUT2D eigenvalue weighted by Crippen LogP contribution is 2.49. The Labute approximate surface area is 166 Å². The van der Waals surface area contributed by atoms with Gasteiger partial charge in [-0.05, 0) is 43.9 Å². The molecule has 1 unspecified atom stereocenters. The number of ether oxygens (including phenoxy) is 2. The Bertz CT molecular complexity index is 893. The molecule has 0 fully saturated rings. The fourth-order valence-corrected chi connectivity index (χ4v) is 4.11. The Morgan fingerprint density at radius 3 is 2.61 bits per heavy atom. The highest BCUT2D eigenvalue weighted by Gasteiger charge is 2.44. The Hall–Kier alpha value is -2.81. The molecule has 2 atom stereocenters. The van der Waals surface area contributed by atoms with Gasteiger partial charge in [0.2, 0.25) is 0 Å². The summed E-state index contributed by atoms with van der Waals surface area (Å²) in [7, 11) is 0. The number of amidine groups is 1. The first-order valence-electron chi connectivity index (χ1n) is 9.70. The van der Waals surface area contributed by atoms with Crippen molar-refractivity contribution < 1.29 is 14.3 Å². The smallest absolute Gasteiger partial charge is 0.161 e. The van der Waals surface area contributed by atoms with E-state index >= 15 is 0 Å². The molecule has 1 aromatic carbocycles. The average Bonchev–Trinajstić information content (AvgIpc) is 2.61. The zero-order valence-corrected chi connectivity index (χ0v) is 16.9. The molecule has 0 radical (unpaired) electrons. The number of carbonyl (C=O) groups excluding carboxylic acids is 1. The van der Waals surface area contributed by atoms with Crippen LogP contribution in [0.1, 0.15) is 52.0 Å². The molecule has 148 valence electrons. The van der Waals surface area contributed by atoms with Gasteiger partial charge in [0.25, 0.3) is 0 Å². The largest absolute Gasteiger partial charge is 0.494 e. The fourth-order valence-electron chi connectivity index (χ4n) is 4.11. The lowest BCUT2D eigenvalue weighted by Crippen LogP contribution is -2.38. The van der Waals surface area contributed by atoms with Gasteiger partial charge in [0, 0.05) is 23.5 Å². The molecule has 0 amide bonds. The van der Waals surface area contributed by atoms with Crippen LogP contribution < -0.4 is 15.2 Å². The molecular formula is C22H27N3O3. The van der Waals surface area contributed by atoms with E-state index in [9.17, 15) is 10.1 Å². The van der Waals surface area contributed by atoms with Crippen LogP contribution in [-0.2, 0) is 4.79 Å². The first kappa shape index (κ1) is 19.9. The number of ketones is 1. The summed E-state index contributed by atoms with van der Waals surface area (Å²) < 4.78 is 11.5. The summed E-state index contributed by atoms with van der Waals surface area (Å²) in [5.41, 5.74) is 8.04. The van der Waals surface area contributed by atoms with Crippen molar-refractivity contribution in [1.29, 1.82) is 5.26 Å². The molecule has 28 heavy (non-hydrogen) atoms. The molecule has 2 N–H and O–H groups in total. The number of nitrogens with two attached hydrogens (primary N) is 1. The maximum atomic E-state index is 13.1. The predicted octanol–water partition coefficient (Wildman–Crippen LogP) is 3.72. The number of rotatable bonds is 5. The van der Waals surface area contributed by atoms with Gasteiger partial charge < -0.3 is 15.2 Å². The van der Waals surface area contributed by atoms with Crippen molar-refractivity contribution in [3.8, 4) is 17.6 Å². The van der Waals surface area contributed by atoms with Crippen molar-refractivity contribution in [2.45, 2.75) is 46.5 Å². The van der Waals surface area contributed by atoms with Gasteiger partial charge in [-0.2, -0.15) is 5.26 Å². The van der Waals surface area contributed by atoms with E-state index in [1.807, 2.05) is 45.9 Å². The fraction of sp³-hybridized carbons (Fsp3) is 0.500. The molecule has 0 spiro atoms. The summed E-state index contributed by atoms with van der Waals surface area (Å²) in [5, 5.41) is 9.85. The van der Waals surface area contributed by atoms with Crippen molar-refractivity contribution in [2.75, 3.05) is 13.2 Å². The van der Waals surface area contributed by atoms with Gasteiger partial charge >= 0.3 is 0 Å². The monoisotopic (exact) mass is 381 g/mol. The zero-order valence-electron chi connectivity index (χ0n) is 16.9. The molecule has 6 nitrogen and oxygen atoms in total. The van der Waals surface area contributed by atoms with E-state index in [1.54, 1.807) is 0 Å². The van der Waals surface area contributed by atoms with Gasteiger partial charge in [-0.3, -0.25) is 4.79 Å². The number of nitrogens with zero attached hydrogens (tertiary/aromatic N) is 2. The molecule has 1 aromatic rings. The average molecular weight is 381 g/mol. The lowest BCUT2D eigenvalue weighted by atomic mass is 9.67. The van der Waals surface area contributed by atoms with Crippen LogP contribution in [0.15, 0.2) is 34.5 Å². The standard InChI is InChI=1S/C22H27N3O3/c1-5-27-13-7-8-18(28-6-2)14(9-13)19-15(12-23)21(24)25-16-10-22(3,4)11-17(26)20(16)19/h7-9,15,19H,5-6,10-11H2,1-4H3,(H2,24,25)/t15?,19-/m1/s1. The summed E-state index contributed by atoms with van der Waals surface area (Å²) in [6.45, 7) is 8.90. The van der Waals surface area contributed by atoms with Crippen molar-refractivity contribution in [3.05, 3.63) is 35.0 Å². The van der Waals surface area contributed by atoms with Gasteiger partial charge in [-0.15, -0.1) is 0 Å². The van der Waals surface area contributed by atoms with Crippen molar-refractivity contribution in [2.24, 2.45) is 22.1 Å². The lowest BCUT2D eigenvalue weighted by Gasteiger charge is -2.38. The van der Waals surface area contributed by atoms with Crippen LogP contribution in [0.25, 0.3) is 0 Å². The van der Waals surface area contributed by atoms with E-state index in [0.717, 1.165) is 5.56 Å². The maximum absolute atomic E-state index is 13.1. The Kier molecular flexibility index (Phi) is 5.46. The maximum Gasteiger partial charge on any atom is 0.161 e. The van der Waals surface area contributed by atoms with E-state index in [1.165, 1.54) is 0 Å². The third-order valence-corrected chi connectivity index (χ3v) is 5.19. The van der Waals surface area contributed by atoms with Gasteiger partial charge in [0.15, 0.2) is 5.78 Å². The highest BCUT2D eigenvalue weighted by atomic mass is 16.5. The second-order valence-corrected chi connectivity index (χ2v) is 7.99. The molecule has 0 saturated carbocycles. The molecular weight excluding hydrogens is 354 g/mol. The Morgan fingerprint density at radius 2 is 1.96 bits per heavy atom. The van der Waals surface area contributed by atoms with Crippen LogP contribution in [-0.4, -0.2) is 24.8 Å². The second kappa shape index (κ2) is 7.67. The summed E-state index contributed by atoms with van der Waals surface area (Å²) in [5.74, 6) is 0.348. The number of allylic oxidation sites excluding steroid dienone is 2. The van der Waals surface area contributed by atoms with Crippen LogP contribution in [0.3, 0.4) is 0 Å². The quantitative estimate of drug-likeness (QED) is 0.838. The van der Waals surface area contributed by atoms with E-state index in [4.69, 9.17) is 15.2 Å². The molecule has 3 rings (SSSR count). The molecule has 1 aliphatic carbocycles. The van der Waals surface area contributed by atoms with Gasteiger partial charge in [0.1, 0.15) is 23.3 Å². The first-order chi connectivity index (χ1) is 13.3. The number of hydrogen-bond donors (Lipinski definition) is 1. The third-order valence-electron chi connectivity index (χ3n) is 5.19. The van der Waals surface area contributed by atoms with Crippen LogP contribution >= 0.6 is 0 Å². The SMILES string of the molecule is CCOc1ccc(OCC)c([C@H]2C3=C(CC(C)(C)CC3=O)N=C(N)C2C#N)c1. The Morgan fingerprint density at radius 1 is 1.25 bits per heavy atom. The third kappa shape index (κ3) is 3.62. The van der Waals surface area contributed by atoms with E-state index < -0.39 is 11.8 Å². The zero-order chi connectivity index (χ0) is 20.5. The van der Waals surface area contributed by atoms with Crippen LogP contribution in [0.2, 0.25) is 0 Å². The Balaban J connectivity index is 2.22. The molecule has 6 heteroatoms. The first-order valence-corrected chi connectivity index (χ1v) is 9.70. The summed E-state index contributed by atoms with van der Waals surface area (Å²) in [6.07, 6.45) is 1.07. The minimum absolute atomic E-state index is 0.0250. The number of carbonyl (C=O) groups is 1. The number of Topliss-reactive ketones (excluding diaryl/α,β-unsaturated/α-hetero) is 1. The van der Waals surface area contributed by atoms with Crippen molar-refractivity contribution >= 4 is 11.6 Å². The van der Waals surface area contributed by atoms with Gasteiger partial charge in [0.05, 0.1) is 25.0 Å². The number of benzene rings is 1. The minimum Gasteiger partial charge on any atom is -0.494 e. The number of aliphatic imine (C=N–C) groups is 1. The summed E-state index contributed by atoms with van der Waals surface area (Å²) in [4.78, 5) is 17.6. The minimum atomic E-state index is -0.722. The number of nitriles is 1. The van der Waals surface area contributed by atoms with Crippen molar-refractivity contribution in [3.63, 3.8) is 0 Å². The molecule has 2 aliphatic rings. The number of hydrogen-bond acceptors (Lipinski definition) is 6. The van der Waals surface area contributed by atoms with E-state index in [2.05, 4.69) is 11.1 Å². The molecule has 1 aliphatic heterocycles.